The van der Waals surface area contributed by atoms with Gasteiger partial charge < -0.3 is 10.4 Å². The van der Waals surface area contributed by atoms with Crippen LogP contribution in [0.15, 0.2) is 0 Å². The molecular weight excluding hydrogens is 162 g/mol. The fourth-order valence-corrected chi connectivity index (χ4v) is 1.55. The molecule has 0 spiro atoms. The molecule has 0 aromatic rings. The summed E-state index contributed by atoms with van der Waals surface area (Å²) in [6.45, 7) is 8.76. The summed E-state index contributed by atoms with van der Waals surface area (Å²) in [5.41, 5.74) is 0.648. The Morgan fingerprint density at radius 2 is 2.00 bits per heavy atom. The summed E-state index contributed by atoms with van der Waals surface area (Å²) in [5.74, 6) is 0. The quantitative estimate of drug-likeness (QED) is 0.661. The fraction of sp³-hybridized carbons (Fsp3) is 1.00. The van der Waals surface area contributed by atoms with Gasteiger partial charge in [-0.15, -0.1) is 0 Å². The zero-order chi connectivity index (χ0) is 9.95. The maximum absolute atomic E-state index is 9.06. The third kappa shape index (κ3) is 3.28. The van der Waals surface area contributed by atoms with Crippen molar-refractivity contribution in [2.45, 2.75) is 40.0 Å². The highest BCUT2D eigenvalue weighted by Crippen LogP contribution is 2.47. The molecule has 1 fully saturated rings. The van der Waals surface area contributed by atoms with Gasteiger partial charge in [-0.2, -0.15) is 0 Å². The van der Waals surface area contributed by atoms with Gasteiger partial charge in [0.2, 0.25) is 0 Å². The van der Waals surface area contributed by atoms with Crippen LogP contribution in [0.4, 0.5) is 0 Å². The van der Waals surface area contributed by atoms with Crippen molar-refractivity contribution >= 4 is 0 Å². The van der Waals surface area contributed by atoms with Crippen molar-refractivity contribution < 1.29 is 5.11 Å². The second kappa shape index (κ2) is 3.97. The minimum Gasteiger partial charge on any atom is -0.396 e. The van der Waals surface area contributed by atoms with Crippen molar-refractivity contribution in [3.8, 4) is 0 Å². The van der Waals surface area contributed by atoms with Crippen LogP contribution in [0, 0.1) is 10.8 Å². The monoisotopic (exact) mass is 185 g/mol. The Kier molecular flexibility index (Phi) is 3.36. The Morgan fingerprint density at radius 1 is 1.38 bits per heavy atom. The third-order valence-electron chi connectivity index (χ3n) is 3.24. The highest BCUT2D eigenvalue weighted by molar-refractivity contribution is 4.93. The van der Waals surface area contributed by atoms with Crippen LogP contribution in [-0.2, 0) is 0 Å². The molecule has 0 heterocycles. The van der Waals surface area contributed by atoms with E-state index in [1.54, 1.807) is 0 Å². The van der Waals surface area contributed by atoms with Gasteiger partial charge in [-0.3, -0.25) is 0 Å². The molecule has 0 amide bonds. The smallest absolute Gasteiger partial charge is 0.0494 e. The molecule has 0 aliphatic heterocycles. The van der Waals surface area contributed by atoms with E-state index in [0.717, 1.165) is 13.1 Å². The van der Waals surface area contributed by atoms with E-state index in [9.17, 15) is 0 Å². The molecule has 78 valence electrons. The lowest BCUT2D eigenvalue weighted by molar-refractivity contribution is 0.154. The van der Waals surface area contributed by atoms with Crippen molar-refractivity contribution in [2.24, 2.45) is 10.8 Å². The van der Waals surface area contributed by atoms with Crippen LogP contribution >= 0.6 is 0 Å². The average Bonchev–Trinajstić information content (AvgIpc) is 2.85. The number of nitrogens with one attached hydrogen (secondary N) is 1. The molecular formula is C11H23NO. The molecule has 2 N–H and O–H groups in total. The summed E-state index contributed by atoms with van der Waals surface area (Å²) in [7, 11) is 0. The van der Waals surface area contributed by atoms with Crippen molar-refractivity contribution in [3.63, 3.8) is 0 Å². The van der Waals surface area contributed by atoms with Gasteiger partial charge in [-0.25, -0.2) is 0 Å². The second-order valence-electron chi connectivity index (χ2n) is 5.28. The minimum atomic E-state index is 0.0316. The Labute approximate surface area is 81.7 Å². The molecule has 0 aromatic heterocycles. The maximum atomic E-state index is 9.06. The van der Waals surface area contributed by atoms with Gasteiger partial charge in [0.1, 0.15) is 0 Å². The van der Waals surface area contributed by atoms with Crippen LogP contribution in [0.2, 0.25) is 0 Å². The molecule has 1 aliphatic carbocycles. The normalized spacial score (nSPS) is 20.3. The van der Waals surface area contributed by atoms with Crippen LogP contribution in [0.25, 0.3) is 0 Å². The first-order chi connectivity index (χ1) is 6.04. The van der Waals surface area contributed by atoms with Gasteiger partial charge in [-0.1, -0.05) is 20.8 Å². The molecule has 0 atom stereocenters. The van der Waals surface area contributed by atoms with Crippen LogP contribution in [0.5, 0.6) is 0 Å². The summed E-state index contributed by atoms with van der Waals surface area (Å²) in [5, 5.41) is 12.5. The van der Waals surface area contributed by atoms with E-state index in [1.165, 1.54) is 19.3 Å². The summed E-state index contributed by atoms with van der Waals surface area (Å²) in [6, 6.07) is 0. The van der Waals surface area contributed by atoms with Gasteiger partial charge in [0.15, 0.2) is 0 Å². The number of hydrogen-bond acceptors (Lipinski definition) is 2. The van der Waals surface area contributed by atoms with E-state index in [4.69, 9.17) is 5.11 Å². The molecule has 1 aliphatic rings. The molecule has 2 heteroatoms. The second-order valence-corrected chi connectivity index (χ2v) is 5.28. The topological polar surface area (TPSA) is 32.3 Å². The van der Waals surface area contributed by atoms with Crippen molar-refractivity contribution in [1.29, 1.82) is 0 Å². The zero-order valence-corrected chi connectivity index (χ0v) is 9.19. The van der Waals surface area contributed by atoms with Crippen LogP contribution < -0.4 is 5.32 Å². The molecule has 0 aromatic carbocycles. The summed E-state index contributed by atoms with van der Waals surface area (Å²) in [4.78, 5) is 0. The van der Waals surface area contributed by atoms with Crippen LogP contribution in [0.1, 0.15) is 40.0 Å². The van der Waals surface area contributed by atoms with Crippen LogP contribution in [0.3, 0.4) is 0 Å². The Morgan fingerprint density at radius 3 is 2.38 bits per heavy atom. The molecule has 0 radical (unpaired) electrons. The van der Waals surface area contributed by atoms with E-state index < -0.39 is 0 Å². The highest BCUT2D eigenvalue weighted by Gasteiger charge is 2.40. The van der Waals surface area contributed by atoms with Crippen LogP contribution in [-0.4, -0.2) is 24.8 Å². The maximum Gasteiger partial charge on any atom is 0.0494 e. The largest absolute Gasteiger partial charge is 0.396 e. The first kappa shape index (κ1) is 11.0. The lowest BCUT2D eigenvalue weighted by atomic mass is 9.94. The van der Waals surface area contributed by atoms with Gasteiger partial charge >= 0.3 is 0 Å². The average molecular weight is 185 g/mol. The third-order valence-corrected chi connectivity index (χ3v) is 3.24. The Balaban J connectivity index is 2.14. The number of hydrogen-bond donors (Lipinski definition) is 2. The molecule has 0 unspecified atom stereocenters. The van der Waals surface area contributed by atoms with E-state index in [2.05, 4.69) is 26.1 Å². The summed E-state index contributed by atoms with van der Waals surface area (Å²) >= 11 is 0. The van der Waals surface area contributed by atoms with E-state index >= 15 is 0 Å². The lowest BCUT2D eigenvalue weighted by Crippen LogP contribution is -2.35. The Hall–Kier alpha value is -0.0800. The predicted octanol–water partition coefficient (Wildman–Crippen LogP) is 1.78. The minimum absolute atomic E-state index is 0.0316. The van der Waals surface area contributed by atoms with Gasteiger partial charge in [-0.05, 0) is 24.7 Å². The Bertz CT molecular complexity index is 155. The van der Waals surface area contributed by atoms with Crippen molar-refractivity contribution in [1.82, 2.24) is 5.32 Å². The summed E-state index contributed by atoms with van der Waals surface area (Å²) < 4.78 is 0. The number of aliphatic hydroxyl groups excluding tert-OH is 1. The van der Waals surface area contributed by atoms with E-state index in [-0.39, 0.29) is 12.0 Å². The molecule has 0 bridgehead atoms. The number of rotatable bonds is 6. The van der Waals surface area contributed by atoms with Crippen molar-refractivity contribution in [2.75, 3.05) is 19.7 Å². The molecule has 0 saturated heterocycles. The van der Waals surface area contributed by atoms with E-state index in [1.807, 2.05) is 0 Å². The van der Waals surface area contributed by atoms with Gasteiger partial charge in [0.05, 0.1) is 0 Å². The molecule has 1 rings (SSSR count). The summed E-state index contributed by atoms with van der Waals surface area (Å²) in [6.07, 6.45) is 4.06. The molecule has 2 nitrogen and oxygen atoms in total. The van der Waals surface area contributed by atoms with Crippen molar-refractivity contribution in [3.05, 3.63) is 0 Å². The zero-order valence-electron chi connectivity index (χ0n) is 9.19. The SMILES string of the molecule is CCC1(CNCC(C)(C)CO)CC1. The molecule has 13 heavy (non-hydrogen) atoms. The first-order valence-corrected chi connectivity index (χ1v) is 5.35. The fourth-order valence-electron chi connectivity index (χ4n) is 1.55. The van der Waals surface area contributed by atoms with E-state index in [0.29, 0.717) is 5.41 Å². The highest BCUT2D eigenvalue weighted by atomic mass is 16.3. The van der Waals surface area contributed by atoms with Gasteiger partial charge in [0.25, 0.3) is 0 Å². The standard InChI is InChI=1S/C11H23NO/c1-4-11(5-6-11)8-12-7-10(2,3)9-13/h12-13H,4-9H2,1-3H3. The number of aliphatic hydroxyl groups is 1. The lowest BCUT2D eigenvalue weighted by Gasteiger charge is -2.23. The first-order valence-electron chi connectivity index (χ1n) is 5.35. The van der Waals surface area contributed by atoms with Gasteiger partial charge in [0, 0.05) is 25.1 Å². The predicted molar refractivity (Wildman–Crippen MR) is 55.7 cm³/mol. The molecule has 1 saturated carbocycles.